The van der Waals surface area contributed by atoms with E-state index in [-0.39, 0.29) is 5.91 Å². The maximum atomic E-state index is 13.6. The van der Waals surface area contributed by atoms with Gasteiger partial charge in [0.15, 0.2) is 5.13 Å². The molecule has 0 fully saturated rings. The number of hydrogen-bond acceptors (Lipinski definition) is 6. The molecule has 0 aliphatic rings. The monoisotopic (exact) mass is 445 g/mol. The number of carbonyl (C=O) groups is 1. The van der Waals surface area contributed by atoms with Crippen LogP contribution < -0.4 is 4.90 Å². The Kier molecular flexibility index (Phi) is 5.05. The average molecular weight is 446 g/mol. The molecule has 0 spiro atoms. The molecule has 5 rings (SSSR count). The van der Waals surface area contributed by atoms with Crippen molar-refractivity contribution < 1.29 is 4.79 Å². The molecule has 31 heavy (non-hydrogen) atoms. The molecule has 2 aromatic carbocycles. The van der Waals surface area contributed by atoms with Gasteiger partial charge in [-0.1, -0.05) is 35.1 Å². The van der Waals surface area contributed by atoms with Crippen LogP contribution in [0.3, 0.4) is 0 Å². The van der Waals surface area contributed by atoms with E-state index in [4.69, 9.17) is 16.6 Å². The van der Waals surface area contributed by atoms with Crippen LogP contribution in [0.4, 0.5) is 5.13 Å². The van der Waals surface area contributed by atoms with Crippen molar-refractivity contribution >= 4 is 55.2 Å². The van der Waals surface area contributed by atoms with Crippen LogP contribution in [0.2, 0.25) is 5.02 Å². The van der Waals surface area contributed by atoms with Gasteiger partial charge >= 0.3 is 0 Å². The molecule has 1 amide bonds. The van der Waals surface area contributed by atoms with Gasteiger partial charge in [-0.25, -0.2) is 4.98 Å². The number of aryl methyl sites for hydroxylation is 1. The summed E-state index contributed by atoms with van der Waals surface area (Å²) in [6.07, 6.45) is 6.70. The number of halogens is 1. The second-order valence-corrected chi connectivity index (χ2v) is 8.44. The average Bonchev–Trinajstić information content (AvgIpc) is 3.26. The summed E-state index contributed by atoms with van der Waals surface area (Å²) in [6.45, 7) is 2.32. The van der Waals surface area contributed by atoms with Gasteiger partial charge in [0.05, 0.1) is 32.8 Å². The van der Waals surface area contributed by atoms with Gasteiger partial charge in [-0.2, -0.15) is 0 Å². The Morgan fingerprint density at radius 2 is 1.90 bits per heavy atom. The van der Waals surface area contributed by atoms with Crippen molar-refractivity contribution in [3.63, 3.8) is 0 Å². The number of amides is 1. The lowest BCUT2D eigenvalue weighted by Crippen LogP contribution is -2.30. The second kappa shape index (κ2) is 8.02. The quantitative estimate of drug-likeness (QED) is 0.368. The van der Waals surface area contributed by atoms with Crippen LogP contribution in [0.5, 0.6) is 0 Å². The summed E-state index contributed by atoms with van der Waals surface area (Å²) in [6, 6.07) is 12.9. The molecule has 8 heteroatoms. The first-order chi connectivity index (χ1) is 15.1. The highest BCUT2D eigenvalue weighted by molar-refractivity contribution is 7.23. The lowest BCUT2D eigenvalue weighted by molar-refractivity contribution is 0.0985. The van der Waals surface area contributed by atoms with E-state index in [9.17, 15) is 4.79 Å². The van der Waals surface area contributed by atoms with Crippen LogP contribution in [0, 0.1) is 6.92 Å². The van der Waals surface area contributed by atoms with E-state index in [1.807, 2.05) is 31.2 Å². The van der Waals surface area contributed by atoms with Crippen molar-refractivity contribution in [1.29, 1.82) is 0 Å². The predicted octanol–water partition coefficient (Wildman–Crippen LogP) is 5.44. The molecule has 3 heterocycles. The van der Waals surface area contributed by atoms with Crippen LogP contribution in [0.25, 0.3) is 21.3 Å². The van der Waals surface area contributed by atoms with Crippen LogP contribution in [0.1, 0.15) is 21.5 Å². The summed E-state index contributed by atoms with van der Waals surface area (Å²) in [7, 11) is 0. The number of thiazole rings is 1. The van der Waals surface area contributed by atoms with Crippen molar-refractivity contribution in [3.05, 3.63) is 89.0 Å². The van der Waals surface area contributed by atoms with Gasteiger partial charge in [-0.05, 0) is 48.4 Å². The normalized spacial score (nSPS) is 11.2. The summed E-state index contributed by atoms with van der Waals surface area (Å²) in [5.41, 5.74) is 4.63. The Labute approximate surface area is 187 Å². The Hall–Kier alpha value is -3.42. The molecule has 0 bridgehead atoms. The lowest BCUT2D eigenvalue weighted by atomic mass is 10.1. The lowest BCUT2D eigenvalue weighted by Gasteiger charge is -2.20. The molecule has 0 aliphatic heterocycles. The minimum Gasteiger partial charge on any atom is -0.279 e. The van der Waals surface area contributed by atoms with Gasteiger partial charge in [0.2, 0.25) is 0 Å². The minimum atomic E-state index is -0.177. The van der Waals surface area contributed by atoms with E-state index in [0.717, 1.165) is 26.9 Å². The van der Waals surface area contributed by atoms with Gasteiger partial charge in [-0.3, -0.25) is 24.6 Å². The van der Waals surface area contributed by atoms with Gasteiger partial charge in [0.1, 0.15) is 0 Å². The summed E-state index contributed by atoms with van der Waals surface area (Å²) >= 11 is 7.82. The summed E-state index contributed by atoms with van der Waals surface area (Å²) in [4.78, 5) is 32.8. The molecule has 0 radical (unpaired) electrons. The summed E-state index contributed by atoms with van der Waals surface area (Å²) in [5, 5.41) is 1.21. The Bertz CT molecular complexity index is 1380. The number of nitrogens with zero attached hydrogens (tertiary/aromatic N) is 5. The minimum absolute atomic E-state index is 0.177. The SMILES string of the molecule is Cc1ccc(Cl)c2sc(N(Cc3cccnc3)C(=O)c3ccc4nccnc4c3)nc12. The van der Waals surface area contributed by atoms with Crippen LogP contribution in [-0.2, 0) is 6.54 Å². The van der Waals surface area contributed by atoms with E-state index < -0.39 is 0 Å². The fraction of sp³-hybridized carbons (Fsp3) is 0.0870. The van der Waals surface area contributed by atoms with Crippen LogP contribution in [-0.4, -0.2) is 25.8 Å². The molecule has 0 saturated heterocycles. The molecule has 5 aromatic rings. The third-order valence-corrected chi connectivity index (χ3v) is 6.48. The zero-order valence-electron chi connectivity index (χ0n) is 16.5. The number of carbonyl (C=O) groups excluding carboxylic acids is 1. The molecule has 0 unspecified atom stereocenters. The molecule has 0 N–H and O–H groups in total. The van der Waals surface area contributed by atoms with E-state index in [0.29, 0.717) is 27.8 Å². The third kappa shape index (κ3) is 3.73. The highest BCUT2D eigenvalue weighted by Crippen LogP contribution is 2.36. The van der Waals surface area contributed by atoms with Crippen molar-refractivity contribution in [2.45, 2.75) is 13.5 Å². The van der Waals surface area contributed by atoms with E-state index in [2.05, 4.69) is 15.0 Å². The Morgan fingerprint density at radius 3 is 2.68 bits per heavy atom. The van der Waals surface area contributed by atoms with Crippen LogP contribution >= 0.6 is 22.9 Å². The van der Waals surface area contributed by atoms with E-state index in [1.54, 1.807) is 47.9 Å². The Balaban J connectivity index is 1.62. The molecular weight excluding hydrogens is 430 g/mol. The number of rotatable bonds is 4. The summed E-state index contributed by atoms with van der Waals surface area (Å²) < 4.78 is 0.866. The molecule has 0 saturated carbocycles. The summed E-state index contributed by atoms with van der Waals surface area (Å²) in [5.74, 6) is -0.177. The number of fused-ring (bicyclic) bond motifs is 2. The maximum Gasteiger partial charge on any atom is 0.260 e. The van der Waals surface area contributed by atoms with Crippen LogP contribution in [0.15, 0.2) is 67.3 Å². The smallest absolute Gasteiger partial charge is 0.260 e. The predicted molar refractivity (Wildman–Crippen MR) is 124 cm³/mol. The van der Waals surface area contributed by atoms with E-state index in [1.165, 1.54) is 11.3 Å². The molecule has 152 valence electrons. The molecule has 0 aliphatic carbocycles. The highest BCUT2D eigenvalue weighted by atomic mass is 35.5. The number of hydrogen-bond donors (Lipinski definition) is 0. The maximum absolute atomic E-state index is 13.6. The van der Waals surface area contributed by atoms with Crippen molar-refractivity contribution in [1.82, 2.24) is 19.9 Å². The van der Waals surface area contributed by atoms with Crippen molar-refractivity contribution in [2.75, 3.05) is 4.90 Å². The third-order valence-electron chi connectivity index (χ3n) is 4.94. The number of anilines is 1. The van der Waals surface area contributed by atoms with Gasteiger partial charge in [-0.15, -0.1) is 0 Å². The number of benzene rings is 2. The van der Waals surface area contributed by atoms with Crippen molar-refractivity contribution in [3.8, 4) is 0 Å². The van der Waals surface area contributed by atoms with Gasteiger partial charge < -0.3 is 0 Å². The highest BCUT2D eigenvalue weighted by Gasteiger charge is 2.23. The second-order valence-electron chi connectivity index (χ2n) is 7.05. The molecule has 6 nitrogen and oxygen atoms in total. The number of pyridine rings is 1. The molecule has 0 atom stereocenters. The standard InChI is InChI=1S/C23H16ClN5OS/c1-14-4-6-17(24)21-20(14)28-23(31-21)29(13-15-3-2-8-25-12-15)22(30)16-5-7-18-19(11-16)27-10-9-26-18/h2-12H,13H2,1H3. The number of aromatic nitrogens is 4. The topological polar surface area (TPSA) is 71.9 Å². The first-order valence-corrected chi connectivity index (χ1v) is 10.8. The zero-order valence-corrected chi connectivity index (χ0v) is 18.1. The van der Waals surface area contributed by atoms with E-state index >= 15 is 0 Å². The molecule has 3 aromatic heterocycles. The fourth-order valence-electron chi connectivity index (χ4n) is 3.36. The largest absolute Gasteiger partial charge is 0.279 e. The van der Waals surface area contributed by atoms with Gasteiger partial charge in [0, 0.05) is 30.4 Å². The van der Waals surface area contributed by atoms with Gasteiger partial charge in [0.25, 0.3) is 5.91 Å². The first kappa shape index (κ1) is 19.5. The zero-order chi connectivity index (χ0) is 21.4. The fourth-order valence-corrected chi connectivity index (χ4v) is 4.67. The first-order valence-electron chi connectivity index (χ1n) is 9.57. The molecular formula is C23H16ClN5OS. The van der Waals surface area contributed by atoms with Crippen molar-refractivity contribution in [2.24, 2.45) is 0 Å². The Morgan fingerprint density at radius 1 is 1.06 bits per heavy atom.